The lowest BCUT2D eigenvalue weighted by atomic mass is 10.0. The number of aryl methyl sites for hydroxylation is 1. The second-order valence-corrected chi connectivity index (χ2v) is 7.15. The first-order valence-electron chi connectivity index (χ1n) is 9.73. The van der Waals surface area contributed by atoms with E-state index >= 15 is 0 Å². The number of fused-ring (bicyclic) bond motifs is 1. The van der Waals surface area contributed by atoms with Crippen LogP contribution in [0.25, 0.3) is 33.3 Å². The smallest absolute Gasteiger partial charge is 0.198 e. The minimum absolute atomic E-state index is 0.101. The van der Waals surface area contributed by atoms with Gasteiger partial charge in [-0.05, 0) is 17.2 Å². The highest BCUT2D eigenvalue weighted by Crippen LogP contribution is 2.31. The highest BCUT2D eigenvalue weighted by molar-refractivity contribution is 6.03. The quantitative estimate of drug-likeness (QED) is 0.386. The standard InChI is InChI=1S/C25H20N4O/c1-29-24(15-22(28-29)18-10-6-3-7-11-18)26-16-21-20-13-12-19(14-23(20)27-25(21)30)17-8-4-2-5-9-17/h2-16,27,30H,1H3. The first-order chi connectivity index (χ1) is 14.7. The van der Waals surface area contributed by atoms with E-state index in [4.69, 9.17) is 0 Å². The van der Waals surface area contributed by atoms with E-state index in [9.17, 15) is 5.11 Å². The Morgan fingerprint density at radius 1 is 0.867 bits per heavy atom. The second-order valence-electron chi connectivity index (χ2n) is 7.15. The fraction of sp³-hybridized carbons (Fsp3) is 0.0400. The molecule has 0 amide bonds. The summed E-state index contributed by atoms with van der Waals surface area (Å²) in [5.41, 5.74) is 5.65. The van der Waals surface area contributed by atoms with Gasteiger partial charge in [-0.1, -0.05) is 72.8 Å². The van der Waals surface area contributed by atoms with Gasteiger partial charge in [-0.2, -0.15) is 5.10 Å². The lowest BCUT2D eigenvalue weighted by Crippen LogP contribution is -1.90. The number of aromatic hydroxyl groups is 1. The van der Waals surface area contributed by atoms with Crippen LogP contribution < -0.4 is 0 Å². The van der Waals surface area contributed by atoms with E-state index in [0.717, 1.165) is 33.3 Å². The zero-order chi connectivity index (χ0) is 20.5. The summed E-state index contributed by atoms with van der Waals surface area (Å²) in [4.78, 5) is 7.64. The number of nitrogens with one attached hydrogen (secondary N) is 1. The average molecular weight is 392 g/mol. The number of hydrogen-bond donors (Lipinski definition) is 2. The summed E-state index contributed by atoms with van der Waals surface area (Å²) in [5.74, 6) is 0.813. The Hall–Kier alpha value is -4.12. The molecular weight excluding hydrogens is 372 g/mol. The monoisotopic (exact) mass is 392 g/mol. The van der Waals surface area contributed by atoms with Gasteiger partial charge in [0.1, 0.15) is 0 Å². The van der Waals surface area contributed by atoms with Crippen LogP contribution in [-0.4, -0.2) is 26.1 Å². The lowest BCUT2D eigenvalue weighted by Gasteiger charge is -2.01. The Kier molecular flexibility index (Phi) is 4.41. The minimum atomic E-state index is 0.101. The maximum atomic E-state index is 10.5. The van der Waals surface area contributed by atoms with Crippen LogP contribution in [0, 0.1) is 0 Å². The zero-order valence-electron chi connectivity index (χ0n) is 16.4. The van der Waals surface area contributed by atoms with Crippen molar-refractivity contribution < 1.29 is 5.11 Å². The van der Waals surface area contributed by atoms with Crippen molar-refractivity contribution in [3.05, 3.63) is 90.5 Å². The number of aliphatic imine (C=N–C) groups is 1. The van der Waals surface area contributed by atoms with E-state index < -0.39 is 0 Å². The molecule has 0 saturated heterocycles. The largest absolute Gasteiger partial charge is 0.494 e. The van der Waals surface area contributed by atoms with Gasteiger partial charge in [-0.3, -0.25) is 4.68 Å². The van der Waals surface area contributed by atoms with Gasteiger partial charge in [0.2, 0.25) is 0 Å². The van der Waals surface area contributed by atoms with Crippen molar-refractivity contribution in [1.29, 1.82) is 0 Å². The molecule has 0 radical (unpaired) electrons. The van der Waals surface area contributed by atoms with Gasteiger partial charge in [0.05, 0.1) is 11.3 Å². The molecule has 0 bridgehead atoms. The first-order valence-corrected chi connectivity index (χ1v) is 9.73. The third-order valence-corrected chi connectivity index (χ3v) is 5.18. The second kappa shape index (κ2) is 7.37. The molecule has 0 aliphatic rings. The van der Waals surface area contributed by atoms with Crippen molar-refractivity contribution in [2.75, 3.05) is 0 Å². The minimum Gasteiger partial charge on any atom is -0.494 e. The predicted molar refractivity (Wildman–Crippen MR) is 121 cm³/mol. The maximum Gasteiger partial charge on any atom is 0.198 e. The van der Waals surface area contributed by atoms with Crippen LogP contribution in [0.15, 0.2) is 89.9 Å². The molecule has 2 N–H and O–H groups in total. The summed E-state index contributed by atoms with van der Waals surface area (Å²) in [6, 6.07) is 28.2. The van der Waals surface area contributed by atoms with Gasteiger partial charge in [-0.25, -0.2) is 4.99 Å². The van der Waals surface area contributed by atoms with Gasteiger partial charge in [0.25, 0.3) is 0 Å². The Labute approximate surface area is 174 Å². The summed E-state index contributed by atoms with van der Waals surface area (Å²) >= 11 is 0. The maximum absolute atomic E-state index is 10.5. The SMILES string of the molecule is Cn1nc(-c2ccccc2)cc1N=Cc1c(O)[nH]c2cc(-c3ccccc3)ccc12. The molecule has 30 heavy (non-hydrogen) atoms. The van der Waals surface area contributed by atoms with Crippen LogP contribution in [0.2, 0.25) is 0 Å². The molecule has 0 atom stereocenters. The molecular formula is C25H20N4O. The molecule has 2 heterocycles. The van der Waals surface area contributed by atoms with Crippen molar-refractivity contribution in [2.45, 2.75) is 0 Å². The molecule has 0 unspecified atom stereocenters. The van der Waals surface area contributed by atoms with E-state index in [1.165, 1.54) is 0 Å². The fourth-order valence-corrected chi connectivity index (χ4v) is 3.60. The van der Waals surface area contributed by atoms with E-state index in [0.29, 0.717) is 11.4 Å². The topological polar surface area (TPSA) is 66.2 Å². The summed E-state index contributed by atoms with van der Waals surface area (Å²) in [6.45, 7) is 0. The third kappa shape index (κ3) is 3.26. The van der Waals surface area contributed by atoms with Crippen LogP contribution in [0.5, 0.6) is 5.88 Å². The Balaban J connectivity index is 1.49. The van der Waals surface area contributed by atoms with Gasteiger partial charge < -0.3 is 10.1 Å². The van der Waals surface area contributed by atoms with Crippen LogP contribution in [0.4, 0.5) is 5.82 Å². The van der Waals surface area contributed by atoms with Crippen LogP contribution >= 0.6 is 0 Å². The Morgan fingerprint density at radius 3 is 2.30 bits per heavy atom. The van der Waals surface area contributed by atoms with Crippen molar-refractivity contribution in [3.63, 3.8) is 0 Å². The molecule has 0 aliphatic carbocycles. The Bertz CT molecular complexity index is 1350. The van der Waals surface area contributed by atoms with Gasteiger partial charge >= 0.3 is 0 Å². The molecule has 5 aromatic rings. The molecule has 0 fully saturated rings. The normalized spacial score (nSPS) is 11.5. The van der Waals surface area contributed by atoms with Crippen molar-refractivity contribution in [3.8, 4) is 28.3 Å². The molecule has 0 aliphatic heterocycles. The molecule has 0 saturated carbocycles. The highest BCUT2D eigenvalue weighted by Gasteiger charge is 2.11. The van der Waals surface area contributed by atoms with Crippen LogP contribution in [0.3, 0.4) is 0 Å². The highest BCUT2D eigenvalue weighted by atomic mass is 16.3. The fourth-order valence-electron chi connectivity index (χ4n) is 3.60. The summed E-state index contributed by atoms with van der Waals surface area (Å²) < 4.78 is 1.73. The first kappa shape index (κ1) is 17.9. The summed E-state index contributed by atoms with van der Waals surface area (Å²) in [6.07, 6.45) is 1.68. The van der Waals surface area contributed by atoms with Crippen LogP contribution in [-0.2, 0) is 7.05 Å². The van der Waals surface area contributed by atoms with Gasteiger partial charge in [-0.15, -0.1) is 0 Å². The van der Waals surface area contributed by atoms with Gasteiger partial charge in [0.15, 0.2) is 11.7 Å². The van der Waals surface area contributed by atoms with Crippen molar-refractivity contribution in [2.24, 2.45) is 12.0 Å². The molecule has 5 rings (SSSR count). The molecule has 5 nitrogen and oxygen atoms in total. The predicted octanol–water partition coefficient (Wildman–Crippen LogP) is 5.69. The van der Waals surface area contributed by atoms with E-state index in [1.807, 2.05) is 73.8 Å². The summed E-state index contributed by atoms with van der Waals surface area (Å²) in [7, 11) is 1.86. The molecule has 0 spiro atoms. The average Bonchev–Trinajstić information content (AvgIpc) is 3.31. The van der Waals surface area contributed by atoms with E-state index in [2.05, 4.69) is 33.3 Å². The molecule has 2 aromatic heterocycles. The van der Waals surface area contributed by atoms with Crippen molar-refractivity contribution in [1.82, 2.24) is 14.8 Å². The van der Waals surface area contributed by atoms with E-state index in [-0.39, 0.29) is 5.88 Å². The van der Waals surface area contributed by atoms with Crippen LogP contribution in [0.1, 0.15) is 5.56 Å². The number of H-pyrrole nitrogens is 1. The Morgan fingerprint density at radius 2 is 1.57 bits per heavy atom. The molecule has 146 valence electrons. The number of aromatic amines is 1. The number of rotatable bonds is 4. The van der Waals surface area contributed by atoms with E-state index in [1.54, 1.807) is 10.9 Å². The number of hydrogen-bond acceptors (Lipinski definition) is 3. The number of benzene rings is 3. The molecule has 3 aromatic carbocycles. The van der Waals surface area contributed by atoms with Gasteiger partial charge in [0, 0.05) is 35.8 Å². The number of nitrogens with zero attached hydrogens (tertiary/aromatic N) is 3. The number of aromatic nitrogens is 3. The summed E-state index contributed by atoms with van der Waals surface area (Å²) in [5, 5.41) is 15.9. The zero-order valence-corrected chi connectivity index (χ0v) is 16.4. The molecule has 5 heteroatoms. The lowest BCUT2D eigenvalue weighted by molar-refractivity contribution is 0.457. The van der Waals surface area contributed by atoms with Crippen molar-refractivity contribution >= 4 is 22.9 Å². The third-order valence-electron chi connectivity index (χ3n) is 5.18.